The number of benzene rings is 2. The van der Waals surface area contributed by atoms with E-state index in [1.165, 1.54) is 12.5 Å². The van der Waals surface area contributed by atoms with Crippen molar-refractivity contribution in [2.75, 3.05) is 57.2 Å². The molecule has 0 fully saturated rings. The molecule has 12 nitrogen and oxygen atoms in total. The van der Waals surface area contributed by atoms with Crippen molar-refractivity contribution in [2.24, 2.45) is 0 Å². The van der Waals surface area contributed by atoms with Gasteiger partial charge < -0.3 is 34.9 Å². The number of aromatic nitrogens is 3. The first-order valence-corrected chi connectivity index (χ1v) is 17.0. The minimum absolute atomic E-state index is 0.0706. The van der Waals surface area contributed by atoms with Gasteiger partial charge in [0.15, 0.2) is 0 Å². The van der Waals surface area contributed by atoms with E-state index < -0.39 is 15.9 Å². The zero-order valence-electron chi connectivity index (χ0n) is 26.0. The number of nitrogens with zero attached hydrogens (tertiary/aromatic N) is 3. The van der Waals surface area contributed by atoms with Crippen molar-refractivity contribution in [3.8, 4) is 17.1 Å². The van der Waals surface area contributed by atoms with Gasteiger partial charge in [-0.05, 0) is 69.3 Å². The van der Waals surface area contributed by atoms with Gasteiger partial charge in [-0.2, -0.15) is 0 Å². The Kier molecular flexibility index (Phi) is 9.61. The largest absolute Gasteiger partial charge is 0.491 e. The van der Waals surface area contributed by atoms with Gasteiger partial charge in [-0.1, -0.05) is 17.7 Å². The number of amides is 1. The lowest BCUT2D eigenvalue weighted by atomic mass is 10.1. The van der Waals surface area contributed by atoms with E-state index in [-0.39, 0.29) is 30.4 Å². The molecule has 0 radical (unpaired) electrons. The minimum Gasteiger partial charge on any atom is -0.491 e. The minimum atomic E-state index is -3.02. The van der Waals surface area contributed by atoms with Gasteiger partial charge in [0.05, 0.1) is 22.5 Å². The summed E-state index contributed by atoms with van der Waals surface area (Å²) < 4.78 is 28.6. The van der Waals surface area contributed by atoms with Crippen molar-refractivity contribution in [2.45, 2.75) is 32.9 Å². The maximum absolute atomic E-state index is 13.2. The predicted octanol–water partition coefficient (Wildman–Crippen LogP) is 2.71. The number of ether oxygens (including phenoxy) is 1. The Labute approximate surface area is 262 Å². The highest BCUT2D eigenvalue weighted by Crippen LogP contribution is 2.30. The van der Waals surface area contributed by atoms with Crippen LogP contribution in [-0.2, 0) is 16.4 Å². The average Bonchev–Trinajstić information content (AvgIpc) is 3.52. The molecule has 0 spiro atoms. The van der Waals surface area contributed by atoms with E-state index in [1.807, 2.05) is 50.1 Å². The number of anilines is 1. The molecule has 0 bridgehead atoms. The number of aromatic amines is 2. The summed E-state index contributed by atoms with van der Waals surface area (Å²) in [6.07, 6.45) is 2.64. The number of carbonyl (C=O) groups excluding carboxylic acids is 1. The summed E-state index contributed by atoms with van der Waals surface area (Å²) in [5.41, 5.74) is 5.29. The van der Waals surface area contributed by atoms with Crippen LogP contribution in [0.25, 0.3) is 22.4 Å². The molecule has 4 N–H and O–H groups in total. The summed E-state index contributed by atoms with van der Waals surface area (Å²) >= 11 is 0. The molecule has 5 rings (SSSR count). The number of fused-ring (bicyclic) bond motifs is 2. The number of pyridine rings is 1. The molecule has 0 saturated heterocycles. The lowest BCUT2D eigenvalue weighted by Crippen LogP contribution is -2.30. The molecule has 2 aromatic carbocycles. The summed E-state index contributed by atoms with van der Waals surface area (Å²) in [4.78, 5) is 40.4. The zero-order valence-corrected chi connectivity index (χ0v) is 26.8. The number of aryl methyl sites for hydroxylation is 2. The quantitative estimate of drug-likeness (QED) is 0.163. The highest BCUT2D eigenvalue weighted by Gasteiger charge is 2.28. The maximum atomic E-state index is 13.2. The summed E-state index contributed by atoms with van der Waals surface area (Å²) in [5.74, 6) is 1.09. The number of aliphatic hydroxyl groups is 1. The fraction of sp³-hybridized carbons (Fsp3) is 0.406. The molecule has 45 heavy (non-hydrogen) atoms. The Bertz CT molecular complexity index is 1870. The monoisotopic (exact) mass is 636 g/mol. The van der Waals surface area contributed by atoms with E-state index in [0.717, 1.165) is 23.1 Å². The summed E-state index contributed by atoms with van der Waals surface area (Å²) in [7, 11) is -1.14. The second-order valence-electron chi connectivity index (χ2n) is 11.8. The number of carbonyl (C=O) groups is 1. The maximum Gasteiger partial charge on any atom is 0.261 e. The normalized spacial score (nSPS) is 13.9. The molecule has 13 heteroatoms. The van der Waals surface area contributed by atoms with Crippen LogP contribution < -0.4 is 15.6 Å². The lowest BCUT2D eigenvalue weighted by molar-refractivity contribution is 0.0772. The van der Waals surface area contributed by atoms with Crippen LogP contribution in [-0.4, -0.2) is 102 Å². The number of hydrogen-bond donors (Lipinski definition) is 4. The fourth-order valence-corrected chi connectivity index (χ4v) is 6.08. The van der Waals surface area contributed by atoms with E-state index in [0.29, 0.717) is 65.6 Å². The van der Waals surface area contributed by atoms with Gasteiger partial charge in [-0.15, -0.1) is 0 Å². The standard InChI is InChI=1S/C32H40N6O6S/c1-20-6-7-28(21(2)14-20)44-19-23(39)17-34-25-8-9-33-31(40)29(25)30-35-26-15-22-18-38(32(41)24(22)16-27(26)36-30)11-5-10-37(3)12-13-45(4,42)43/h6-9,14-16,23,39H,5,10-13,17-19H2,1-4H3,(H,35,36)(H2,33,34,40). The molecule has 240 valence electrons. The third-order valence-electron chi connectivity index (χ3n) is 7.88. The van der Waals surface area contributed by atoms with Crippen LogP contribution in [0.3, 0.4) is 0 Å². The molecule has 1 amide bonds. The number of H-pyrrole nitrogens is 2. The number of hydrogen-bond acceptors (Lipinski definition) is 9. The second-order valence-corrected chi connectivity index (χ2v) is 14.1. The molecular weight excluding hydrogens is 596 g/mol. The first-order chi connectivity index (χ1) is 21.4. The number of imidazole rings is 1. The first kappa shape index (κ1) is 32.2. The third kappa shape index (κ3) is 7.91. The number of rotatable bonds is 14. The van der Waals surface area contributed by atoms with Gasteiger partial charge in [0.25, 0.3) is 11.5 Å². The smallest absolute Gasteiger partial charge is 0.261 e. The van der Waals surface area contributed by atoms with E-state index in [9.17, 15) is 23.1 Å². The van der Waals surface area contributed by atoms with Crippen molar-refractivity contribution in [3.63, 3.8) is 0 Å². The Morgan fingerprint density at radius 1 is 1.16 bits per heavy atom. The van der Waals surface area contributed by atoms with Crippen molar-refractivity contribution in [3.05, 3.63) is 75.2 Å². The van der Waals surface area contributed by atoms with E-state index in [2.05, 4.69) is 20.3 Å². The second kappa shape index (κ2) is 13.4. The topological polar surface area (TPSA) is 161 Å². The van der Waals surface area contributed by atoms with Gasteiger partial charge in [-0.25, -0.2) is 13.4 Å². The van der Waals surface area contributed by atoms with Crippen molar-refractivity contribution in [1.82, 2.24) is 24.8 Å². The van der Waals surface area contributed by atoms with E-state index in [4.69, 9.17) is 4.74 Å². The molecular formula is C32H40N6O6S. The van der Waals surface area contributed by atoms with Crippen LogP contribution in [0.1, 0.15) is 33.5 Å². The van der Waals surface area contributed by atoms with Gasteiger partial charge in [-0.3, -0.25) is 9.59 Å². The van der Waals surface area contributed by atoms with Crippen molar-refractivity contribution < 1.29 is 23.1 Å². The van der Waals surface area contributed by atoms with Gasteiger partial charge in [0, 0.05) is 44.2 Å². The molecule has 4 aromatic rings. The SMILES string of the molecule is Cc1ccc(OCC(O)CNc2cc[nH]c(=O)c2-c2nc3cc4c(cc3[nH]2)C(=O)N(CCCN(C)CCS(C)(=O)=O)C4)c(C)c1. The van der Waals surface area contributed by atoms with Crippen LogP contribution in [0.15, 0.2) is 47.4 Å². The predicted molar refractivity (Wildman–Crippen MR) is 175 cm³/mol. The Morgan fingerprint density at radius 2 is 1.96 bits per heavy atom. The molecule has 1 aliphatic heterocycles. The highest BCUT2D eigenvalue weighted by atomic mass is 32.2. The molecule has 0 saturated carbocycles. The molecule has 2 aromatic heterocycles. The molecule has 1 atom stereocenters. The number of aliphatic hydroxyl groups excluding tert-OH is 1. The highest BCUT2D eigenvalue weighted by molar-refractivity contribution is 7.90. The lowest BCUT2D eigenvalue weighted by Gasteiger charge is -2.19. The number of nitrogens with one attached hydrogen (secondary N) is 3. The van der Waals surface area contributed by atoms with Crippen molar-refractivity contribution >= 4 is 32.5 Å². The summed E-state index contributed by atoms with van der Waals surface area (Å²) in [5, 5.41) is 13.7. The average molecular weight is 637 g/mol. The Morgan fingerprint density at radius 3 is 2.71 bits per heavy atom. The van der Waals surface area contributed by atoms with Crippen LogP contribution in [0.4, 0.5) is 5.69 Å². The van der Waals surface area contributed by atoms with Crippen LogP contribution in [0.2, 0.25) is 0 Å². The van der Waals surface area contributed by atoms with Crippen molar-refractivity contribution in [1.29, 1.82) is 0 Å². The van der Waals surface area contributed by atoms with Gasteiger partial charge in [0.1, 0.15) is 39.7 Å². The number of sulfone groups is 1. The first-order valence-electron chi connectivity index (χ1n) is 14.9. The van der Waals surface area contributed by atoms with Crippen LogP contribution in [0.5, 0.6) is 5.75 Å². The summed E-state index contributed by atoms with van der Waals surface area (Å²) in [6.45, 7) is 6.34. The molecule has 0 aliphatic carbocycles. The van der Waals surface area contributed by atoms with Gasteiger partial charge in [0.2, 0.25) is 0 Å². The molecule has 1 aliphatic rings. The summed E-state index contributed by atoms with van der Waals surface area (Å²) in [6, 6.07) is 11.2. The van der Waals surface area contributed by atoms with E-state index in [1.54, 1.807) is 17.0 Å². The van der Waals surface area contributed by atoms with Gasteiger partial charge >= 0.3 is 0 Å². The zero-order chi connectivity index (χ0) is 32.3. The third-order valence-corrected chi connectivity index (χ3v) is 8.81. The van der Waals surface area contributed by atoms with Crippen LogP contribution in [0, 0.1) is 13.8 Å². The Balaban J connectivity index is 1.23. The van der Waals surface area contributed by atoms with E-state index >= 15 is 0 Å². The fourth-order valence-electron chi connectivity index (χ4n) is 5.44. The molecule has 1 unspecified atom stereocenters. The van der Waals surface area contributed by atoms with Crippen LogP contribution >= 0.6 is 0 Å². The Hall–Kier alpha value is -4.20. The molecule has 3 heterocycles.